The Morgan fingerprint density at radius 1 is 1.09 bits per heavy atom. The summed E-state index contributed by atoms with van der Waals surface area (Å²) in [5, 5.41) is 10.4. The number of benzene rings is 1. The van der Waals surface area contributed by atoms with Gasteiger partial charge < -0.3 is 5.11 Å². The minimum absolute atomic E-state index is 0.151. The third-order valence-electron chi connectivity index (χ3n) is 4.15. The zero-order valence-electron chi connectivity index (χ0n) is 13.6. The second-order valence-corrected chi connectivity index (χ2v) is 8.29. The highest BCUT2D eigenvalue weighted by molar-refractivity contribution is 7.89. The van der Waals surface area contributed by atoms with E-state index in [1.807, 2.05) is 26.0 Å². The van der Waals surface area contributed by atoms with Crippen molar-refractivity contribution in [2.24, 2.45) is 0 Å². The number of aliphatic hydroxyl groups excluding tert-OH is 1. The zero-order chi connectivity index (χ0) is 16.3. The Kier molecular flexibility index (Phi) is 5.60. The lowest BCUT2D eigenvalue weighted by molar-refractivity contribution is 0.0921. The molecule has 0 bridgehead atoms. The van der Waals surface area contributed by atoms with E-state index in [9.17, 15) is 13.5 Å². The molecule has 0 aliphatic carbocycles. The van der Waals surface area contributed by atoms with E-state index in [-0.39, 0.29) is 5.75 Å². The Morgan fingerprint density at radius 3 is 2.14 bits per heavy atom. The van der Waals surface area contributed by atoms with Gasteiger partial charge in [-0.2, -0.15) is 4.31 Å². The van der Waals surface area contributed by atoms with Crippen LogP contribution in [0, 0.1) is 13.8 Å². The van der Waals surface area contributed by atoms with E-state index in [2.05, 4.69) is 11.0 Å². The van der Waals surface area contributed by atoms with Crippen molar-refractivity contribution in [3.8, 4) is 0 Å². The van der Waals surface area contributed by atoms with Gasteiger partial charge in [-0.15, -0.1) is 0 Å². The summed E-state index contributed by atoms with van der Waals surface area (Å²) in [6, 6.07) is 6.11. The monoisotopic (exact) mass is 326 g/mol. The first-order chi connectivity index (χ1) is 10.3. The van der Waals surface area contributed by atoms with Crippen LogP contribution in [0.2, 0.25) is 0 Å². The summed E-state index contributed by atoms with van der Waals surface area (Å²) in [5.41, 5.74) is 3.22. The Morgan fingerprint density at radius 2 is 1.64 bits per heavy atom. The number of rotatable bonds is 5. The Labute approximate surface area is 133 Å². The molecule has 1 aliphatic rings. The summed E-state index contributed by atoms with van der Waals surface area (Å²) < 4.78 is 25.2. The first-order valence-electron chi connectivity index (χ1n) is 7.78. The topological polar surface area (TPSA) is 60.9 Å². The molecule has 5 nitrogen and oxygen atoms in total. The Bertz CT molecular complexity index is 588. The minimum Gasteiger partial charge on any atom is -0.387 e. The van der Waals surface area contributed by atoms with Crippen LogP contribution >= 0.6 is 0 Å². The fourth-order valence-corrected chi connectivity index (χ4v) is 4.01. The summed E-state index contributed by atoms with van der Waals surface area (Å²) in [4.78, 5) is 2.13. The molecule has 1 aliphatic heterocycles. The summed E-state index contributed by atoms with van der Waals surface area (Å²) in [6.07, 6.45) is -0.534. The van der Waals surface area contributed by atoms with E-state index < -0.39 is 16.1 Å². The number of hydrogen-bond donors (Lipinski definition) is 1. The smallest absolute Gasteiger partial charge is 0.213 e. The van der Waals surface area contributed by atoms with Crippen molar-refractivity contribution in [1.82, 2.24) is 9.21 Å². The average molecular weight is 326 g/mol. The van der Waals surface area contributed by atoms with Gasteiger partial charge in [-0.1, -0.05) is 29.3 Å². The van der Waals surface area contributed by atoms with E-state index >= 15 is 0 Å². The fraction of sp³-hybridized carbons (Fsp3) is 0.625. The number of β-amino-alcohol motifs (C(OH)–C–C–N with tert-alkyl or cyclic N) is 1. The minimum atomic E-state index is -3.09. The summed E-state index contributed by atoms with van der Waals surface area (Å²) >= 11 is 0. The van der Waals surface area contributed by atoms with Gasteiger partial charge in [0.15, 0.2) is 0 Å². The SMILES string of the molecule is CCS(=O)(=O)N1CCN(CC(O)c2cc(C)cc(C)c2)CC1. The van der Waals surface area contributed by atoms with E-state index in [1.54, 1.807) is 11.2 Å². The molecule has 0 saturated carbocycles. The molecule has 1 fully saturated rings. The number of aliphatic hydroxyl groups is 1. The summed E-state index contributed by atoms with van der Waals surface area (Å²) in [6.45, 7) is 8.62. The molecule has 22 heavy (non-hydrogen) atoms. The number of aryl methyl sites for hydroxylation is 2. The van der Waals surface area contributed by atoms with Crippen molar-refractivity contribution in [3.63, 3.8) is 0 Å². The van der Waals surface area contributed by atoms with E-state index in [0.29, 0.717) is 32.7 Å². The van der Waals surface area contributed by atoms with Crippen LogP contribution in [0.15, 0.2) is 18.2 Å². The molecular weight excluding hydrogens is 300 g/mol. The highest BCUT2D eigenvalue weighted by Crippen LogP contribution is 2.19. The van der Waals surface area contributed by atoms with Gasteiger partial charge in [-0.25, -0.2) is 8.42 Å². The van der Waals surface area contributed by atoms with Crippen LogP contribution in [0.4, 0.5) is 0 Å². The lowest BCUT2D eigenvalue weighted by Gasteiger charge is -2.34. The second-order valence-electron chi connectivity index (χ2n) is 6.04. The maximum atomic E-state index is 11.8. The molecule has 124 valence electrons. The highest BCUT2D eigenvalue weighted by Gasteiger charge is 2.26. The molecule has 1 aromatic carbocycles. The van der Waals surface area contributed by atoms with Crippen molar-refractivity contribution < 1.29 is 13.5 Å². The van der Waals surface area contributed by atoms with E-state index in [1.165, 1.54) is 0 Å². The van der Waals surface area contributed by atoms with Gasteiger partial charge in [0.25, 0.3) is 0 Å². The van der Waals surface area contributed by atoms with E-state index in [4.69, 9.17) is 0 Å². The predicted molar refractivity (Wildman–Crippen MR) is 88.3 cm³/mol. The van der Waals surface area contributed by atoms with Gasteiger partial charge in [0.2, 0.25) is 10.0 Å². The van der Waals surface area contributed by atoms with Crippen molar-refractivity contribution in [1.29, 1.82) is 0 Å². The normalized spacial score (nSPS) is 19.3. The number of nitrogens with zero attached hydrogens (tertiary/aromatic N) is 2. The highest BCUT2D eigenvalue weighted by atomic mass is 32.2. The van der Waals surface area contributed by atoms with Gasteiger partial charge in [0, 0.05) is 32.7 Å². The molecule has 1 N–H and O–H groups in total. The van der Waals surface area contributed by atoms with Crippen molar-refractivity contribution >= 4 is 10.0 Å². The fourth-order valence-electron chi connectivity index (χ4n) is 2.93. The van der Waals surface area contributed by atoms with Gasteiger partial charge in [0.1, 0.15) is 0 Å². The van der Waals surface area contributed by atoms with Crippen LogP contribution in [0.25, 0.3) is 0 Å². The van der Waals surface area contributed by atoms with Crippen LogP contribution in [0.1, 0.15) is 29.7 Å². The Balaban J connectivity index is 1.93. The third kappa shape index (κ3) is 4.29. The molecule has 1 heterocycles. The molecule has 0 spiro atoms. The molecule has 0 radical (unpaired) electrons. The van der Waals surface area contributed by atoms with Crippen LogP contribution in [-0.4, -0.2) is 61.2 Å². The maximum absolute atomic E-state index is 11.8. The average Bonchev–Trinajstić information content (AvgIpc) is 2.46. The van der Waals surface area contributed by atoms with Gasteiger partial charge >= 0.3 is 0 Å². The largest absolute Gasteiger partial charge is 0.387 e. The third-order valence-corrected chi connectivity index (χ3v) is 6.03. The molecular formula is C16H26N2O3S. The van der Waals surface area contributed by atoms with Crippen molar-refractivity contribution in [3.05, 3.63) is 34.9 Å². The lowest BCUT2D eigenvalue weighted by atomic mass is 10.0. The molecule has 1 saturated heterocycles. The van der Waals surface area contributed by atoms with Crippen LogP contribution in [0.5, 0.6) is 0 Å². The van der Waals surface area contributed by atoms with Gasteiger partial charge in [-0.05, 0) is 26.3 Å². The first-order valence-corrected chi connectivity index (χ1v) is 9.39. The van der Waals surface area contributed by atoms with Crippen LogP contribution in [-0.2, 0) is 10.0 Å². The zero-order valence-corrected chi connectivity index (χ0v) is 14.4. The summed E-state index contributed by atoms with van der Waals surface area (Å²) in [7, 11) is -3.09. The molecule has 0 amide bonds. The molecule has 2 rings (SSSR count). The van der Waals surface area contributed by atoms with Crippen LogP contribution in [0.3, 0.4) is 0 Å². The van der Waals surface area contributed by atoms with E-state index in [0.717, 1.165) is 16.7 Å². The van der Waals surface area contributed by atoms with Crippen molar-refractivity contribution in [2.75, 3.05) is 38.5 Å². The number of hydrogen-bond acceptors (Lipinski definition) is 4. The molecule has 6 heteroatoms. The molecule has 0 aromatic heterocycles. The molecule has 1 atom stereocenters. The first kappa shape index (κ1) is 17.4. The lowest BCUT2D eigenvalue weighted by Crippen LogP contribution is -2.49. The molecule has 1 aromatic rings. The number of piperazine rings is 1. The van der Waals surface area contributed by atoms with Gasteiger partial charge in [0.05, 0.1) is 11.9 Å². The second kappa shape index (κ2) is 7.08. The Hall–Kier alpha value is -0.950. The number of sulfonamides is 1. The molecule has 1 unspecified atom stereocenters. The van der Waals surface area contributed by atoms with Crippen molar-refractivity contribution in [2.45, 2.75) is 26.9 Å². The van der Waals surface area contributed by atoms with Crippen LogP contribution < -0.4 is 0 Å². The van der Waals surface area contributed by atoms with Gasteiger partial charge in [-0.3, -0.25) is 4.90 Å². The quantitative estimate of drug-likeness (QED) is 0.886. The standard InChI is InChI=1S/C16H26N2O3S/c1-4-22(20,21)18-7-5-17(6-8-18)12-16(19)15-10-13(2)9-14(3)11-15/h9-11,16,19H,4-8,12H2,1-3H3. The summed E-state index contributed by atoms with van der Waals surface area (Å²) in [5.74, 6) is 0.151. The maximum Gasteiger partial charge on any atom is 0.213 e. The predicted octanol–water partition coefficient (Wildman–Crippen LogP) is 1.30.